The lowest BCUT2D eigenvalue weighted by atomic mass is 10.1. The van der Waals surface area contributed by atoms with Gasteiger partial charge in [-0.3, -0.25) is 4.79 Å². The molecule has 18 heavy (non-hydrogen) atoms. The van der Waals surface area contributed by atoms with Crippen molar-refractivity contribution >= 4 is 11.8 Å². The molecule has 0 unspecified atom stereocenters. The van der Waals surface area contributed by atoms with Crippen LogP contribution in [0.2, 0.25) is 0 Å². The summed E-state index contributed by atoms with van der Waals surface area (Å²) < 4.78 is 42.9. The summed E-state index contributed by atoms with van der Waals surface area (Å²) in [5.41, 5.74) is -1.65. The summed E-state index contributed by atoms with van der Waals surface area (Å²) in [4.78, 5) is 23.2. The van der Waals surface area contributed by atoms with Crippen LogP contribution in [0.5, 0.6) is 0 Å². The molecule has 0 saturated carbocycles. The van der Waals surface area contributed by atoms with Crippen molar-refractivity contribution in [3.63, 3.8) is 0 Å². The monoisotopic (exact) mass is 264 g/mol. The lowest BCUT2D eigenvalue weighted by Gasteiger charge is -2.07. The summed E-state index contributed by atoms with van der Waals surface area (Å²) in [7, 11) is 0.984. The number of carbonyl (C=O) groups is 1. The Balaban J connectivity index is 3.35. The summed E-state index contributed by atoms with van der Waals surface area (Å²) in [6.45, 7) is 0. The van der Waals surface area contributed by atoms with Gasteiger partial charge in [0.05, 0.1) is 19.1 Å². The van der Waals surface area contributed by atoms with Gasteiger partial charge < -0.3 is 14.9 Å². The molecule has 0 atom stereocenters. The molecule has 1 aromatic heterocycles. The van der Waals surface area contributed by atoms with E-state index in [-0.39, 0.29) is 0 Å². The Morgan fingerprint density at radius 1 is 1.61 bits per heavy atom. The maximum Gasteiger partial charge on any atom is 0.400 e. The number of rotatable bonds is 4. The number of nitrogens with zero attached hydrogens (tertiary/aromatic N) is 2. The third-order valence-electron chi connectivity index (χ3n) is 2.09. The van der Waals surface area contributed by atoms with Crippen LogP contribution in [0, 0.1) is 15.9 Å². The fourth-order valence-corrected chi connectivity index (χ4v) is 1.24. The zero-order chi connectivity index (χ0) is 13.9. The highest BCUT2D eigenvalue weighted by molar-refractivity contribution is 5.73. The molecule has 9 heteroatoms. The van der Waals surface area contributed by atoms with Crippen LogP contribution in [0.4, 0.5) is 19.0 Å². The van der Waals surface area contributed by atoms with E-state index in [0.717, 1.165) is 7.11 Å². The number of hydrogen-bond acceptors (Lipinski definition) is 5. The van der Waals surface area contributed by atoms with Crippen LogP contribution in [0.15, 0.2) is 6.20 Å². The number of hydrogen-bond donors (Lipinski definition) is 0. The summed E-state index contributed by atoms with van der Waals surface area (Å²) in [5, 5.41) is 10.4. The number of halogens is 3. The molecule has 6 nitrogen and oxygen atoms in total. The molecular formula is C9H7F3N2O4. The van der Waals surface area contributed by atoms with Gasteiger partial charge in [0.25, 0.3) is 6.43 Å². The average Bonchev–Trinajstić information content (AvgIpc) is 2.30. The predicted octanol–water partition coefficient (Wildman–Crippen LogP) is 1.78. The molecule has 0 aromatic carbocycles. The highest BCUT2D eigenvalue weighted by Gasteiger charge is 2.28. The minimum Gasteiger partial charge on any atom is -0.469 e. The number of pyridine rings is 1. The lowest BCUT2D eigenvalue weighted by molar-refractivity contribution is -0.392. The number of aromatic nitrogens is 1. The van der Waals surface area contributed by atoms with Crippen LogP contribution in [-0.4, -0.2) is 23.0 Å². The number of carbonyl (C=O) groups excluding carboxylic acids is 1. The Labute approximate surface area is 98.5 Å². The van der Waals surface area contributed by atoms with Crippen LogP contribution in [0.3, 0.4) is 0 Å². The van der Waals surface area contributed by atoms with E-state index in [1.165, 1.54) is 0 Å². The summed E-state index contributed by atoms with van der Waals surface area (Å²) in [5.74, 6) is -3.75. The molecule has 1 rings (SSSR count). The van der Waals surface area contributed by atoms with Gasteiger partial charge >= 0.3 is 11.8 Å². The Morgan fingerprint density at radius 3 is 2.67 bits per heavy atom. The Hall–Kier alpha value is -2.19. The van der Waals surface area contributed by atoms with E-state index in [2.05, 4.69) is 9.72 Å². The van der Waals surface area contributed by atoms with Crippen molar-refractivity contribution in [1.29, 1.82) is 0 Å². The highest BCUT2D eigenvalue weighted by Crippen LogP contribution is 2.28. The second-order valence-corrected chi connectivity index (χ2v) is 3.14. The van der Waals surface area contributed by atoms with Crippen molar-refractivity contribution in [2.24, 2.45) is 0 Å². The smallest absolute Gasteiger partial charge is 0.400 e. The first kappa shape index (κ1) is 13.9. The molecule has 0 bridgehead atoms. The highest BCUT2D eigenvalue weighted by atomic mass is 19.3. The topological polar surface area (TPSA) is 82.3 Å². The number of ether oxygens (including phenoxy) is 1. The minimum atomic E-state index is -3.10. The molecule has 0 aliphatic rings. The van der Waals surface area contributed by atoms with Crippen molar-refractivity contribution in [2.45, 2.75) is 12.8 Å². The van der Waals surface area contributed by atoms with E-state index in [0.29, 0.717) is 6.20 Å². The van der Waals surface area contributed by atoms with E-state index < -0.39 is 46.5 Å². The molecule has 0 aliphatic carbocycles. The Kier molecular flexibility index (Phi) is 4.18. The van der Waals surface area contributed by atoms with Crippen LogP contribution in [-0.2, 0) is 16.0 Å². The second kappa shape index (κ2) is 5.43. The third kappa shape index (κ3) is 2.73. The SMILES string of the molecule is COC(=O)Cc1c(C(F)F)cnc([N+](=O)[O-])c1F. The van der Waals surface area contributed by atoms with Crippen molar-refractivity contribution in [3.05, 3.63) is 33.3 Å². The molecule has 0 N–H and O–H groups in total. The molecular weight excluding hydrogens is 257 g/mol. The molecule has 0 fully saturated rings. The number of nitro groups is 1. The van der Waals surface area contributed by atoms with Gasteiger partial charge in [-0.25, -0.2) is 8.78 Å². The minimum absolute atomic E-state index is 0.476. The largest absolute Gasteiger partial charge is 0.469 e. The zero-order valence-electron chi connectivity index (χ0n) is 9.02. The molecule has 1 aromatic rings. The van der Waals surface area contributed by atoms with Gasteiger partial charge in [0.2, 0.25) is 5.82 Å². The van der Waals surface area contributed by atoms with E-state index in [1.807, 2.05) is 0 Å². The quantitative estimate of drug-likeness (QED) is 0.470. The second-order valence-electron chi connectivity index (χ2n) is 3.14. The number of methoxy groups -OCH3 is 1. The van der Waals surface area contributed by atoms with E-state index >= 15 is 0 Å². The fourth-order valence-electron chi connectivity index (χ4n) is 1.24. The maximum atomic E-state index is 13.6. The van der Waals surface area contributed by atoms with Gasteiger partial charge in [0.1, 0.15) is 6.20 Å². The number of alkyl halides is 2. The van der Waals surface area contributed by atoms with Gasteiger partial charge in [-0.2, -0.15) is 4.39 Å². The standard InChI is InChI=1S/C9H7F3N2O4/c1-18-6(15)2-4-5(8(11)12)3-13-9(7(4)10)14(16)17/h3,8H,2H2,1H3. The molecule has 0 saturated heterocycles. The molecule has 0 amide bonds. The first-order chi connectivity index (χ1) is 8.38. The Bertz CT molecular complexity index is 493. The van der Waals surface area contributed by atoms with Crippen LogP contribution in [0.1, 0.15) is 17.6 Å². The van der Waals surface area contributed by atoms with Crippen LogP contribution < -0.4 is 0 Å². The molecule has 1 heterocycles. The van der Waals surface area contributed by atoms with Gasteiger partial charge in [-0.05, 0) is 9.91 Å². The summed E-state index contributed by atoms with van der Waals surface area (Å²) in [6.07, 6.45) is -3.46. The lowest BCUT2D eigenvalue weighted by Crippen LogP contribution is -2.12. The van der Waals surface area contributed by atoms with E-state index in [9.17, 15) is 28.1 Å². The van der Waals surface area contributed by atoms with E-state index in [1.54, 1.807) is 0 Å². The van der Waals surface area contributed by atoms with Crippen LogP contribution >= 0.6 is 0 Å². The maximum absolute atomic E-state index is 13.6. The summed E-state index contributed by atoms with van der Waals surface area (Å²) in [6, 6.07) is 0. The molecule has 0 spiro atoms. The first-order valence-electron chi connectivity index (χ1n) is 4.55. The van der Waals surface area contributed by atoms with Gasteiger partial charge in [0, 0.05) is 5.56 Å². The van der Waals surface area contributed by atoms with Gasteiger partial charge in [-0.1, -0.05) is 0 Å². The summed E-state index contributed by atoms with van der Waals surface area (Å²) >= 11 is 0. The third-order valence-corrected chi connectivity index (χ3v) is 2.09. The van der Waals surface area contributed by atoms with Gasteiger partial charge in [-0.15, -0.1) is 0 Å². The van der Waals surface area contributed by atoms with Crippen molar-refractivity contribution in [2.75, 3.05) is 7.11 Å². The van der Waals surface area contributed by atoms with Gasteiger partial charge in [0.15, 0.2) is 0 Å². The molecule has 0 radical (unpaired) electrons. The molecule has 0 aliphatic heterocycles. The van der Waals surface area contributed by atoms with Crippen LogP contribution in [0.25, 0.3) is 0 Å². The van der Waals surface area contributed by atoms with E-state index in [4.69, 9.17) is 0 Å². The zero-order valence-corrected chi connectivity index (χ0v) is 9.02. The Morgan fingerprint density at radius 2 is 2.22 bits per heavy atom. The normalized spacial score (nSPS) is 10.5. The predicted molar refractivity (Wildman–Crippen MR) is 51.5 cm³/mol. The average molecular weight is 264 g/mol. The van der Waals surface area contributed by atoms with Crippen molar-refractivity contribution in [3.8, 4) is 0 Å². The van der Waals surface area contributed by atoms with Crippen molar-refractivity contribution < 1.29 is 27.6 Å². The van der Waals surface area contributed by atoms with Crippen molar-refractivity contribution in [1.82, 2.24) is 4.98 Å². The molecule has 98 valence electrons. The first-order valence-corrected chi connectivity index (χ1v) is 4.55. The fraction of sp³-hybridized carbons (Fsp3) is 0.333. The number of esters is 1.